The van der Waals surface area contributed by atoms with E-state index in [4.69, 9.17) is 14.5 Å². The highest BCUT2D eigenvalue weighted by atomic mass is 127. The summed E-state index contributed by atoms with van der Waals surface area (Å²) < 4.78 is 10.9. The van der Waals surface area contributed by atoms with Gasteiger partial charge >= 0.3 is 0 Å². The number of hydrogen-bond acceptors (Lipinski definition) is 4. The van der Waals surface area contributed by atoms with Gasteiger partial charge in [0.05, 0.1) is 20.8 Å². The lowest BCUT2D eigenvalue weighted by molar-refractivity contribution is 0.187. The molecule has 0 spiro atoms. The van der Waals surface area contributed by atoms with Crippen LogP contribution in [0.3, 0.4) is 0 Å². The fraction of sp³-hybridized carbons (Fsp3) is 0.708. The molecule has 0 bridgehead atoms. The first-order valence-corrected chi connectivity index (χ1v) is 11.3. The van der Waals surface area contributed by atoms with Gasteiger partial charge in [0.1, 0.15) is 0 Å². The lowest BCUT2D eigenvalue weighted by atomic mass is 9.84. The van der Waals surface area contributed by atoms with Crippen LogP contribution in [-0.2, 0) is 5.41 Å². The molecule has 0 saturated carbocycles. The van der Waals surface area contributed by atoms with Crippen LogP contribution in [0.5, 0.6) is 11.5 Å². The van der Waals surface area contributed by atoms with Gasteiger partial charge < -0.3 is 25.0 Å². The normalized spacial score (nSPS) is 16.1. The monoisotopic (exact) mass is 546 g/mol. The van der Waals surface area contributed by atoms with Crippen LogP contribution in [0.25, 0.3) is 0 Å². The van der Waals surface area contributed by atoms with E-state index >= 15 is 0 Å². The molecule has 178 valence electrons. The molecular weight excluding hydrogens is 503 g/mol. The Bertz CT molecular complexity index is 686. The predicted octanol–water partition coefficient (Wildman–Crippen LogP) is 4.27. The molecule has 2 rings (SSSR count). The van der Waals surface area contributed by atoms with Crippen molar-refractivity contribution in [1.29, 1.82) is 0 Å². The molecule has 1 aromatic carbocycles. The Hall–Kier alpha value is -1.22. The second-order valence-electron chi connectivity index (χ2n) is 9.26. The summed E-state index contributed by atoms with van der Waals surface area (Å²) in [5.74, 6) is 3.14. The number of piperidine rings is 1. The number of hydrogen-bond donors (Lipinski definition) is 2. The van der Waals surface area contributed by atoms with Gasteiger partial charge in [0.2, 0.25) is 0 Å². The fourth-order valence-corrected chi connectivity index (χ4v) is 3.91. The molecule has 0 aliphatic carbocycles. The van der Waals surface area contributed by atoms with Crippen LogP contribution in [0.15, 0.2) is 23.2 Å². The molecule has 1 heterocycles. The van der Waals surface area contributed by atoms with Crippen molar-refractivity contribution in [2.45, 2.75) is 58.9 Å². The number of nitrogens with zero attached hydrogens (tertiary/aromatic N) is 2. The van der Waals surface area contributed by atoms with Crippen molar-refractivity contribution >= 4 is 29.9 Å². The molecule has 0 atom stereocenters. The Morgan fingerprint density at radius 2 is 1.81 bits per heavy atom. The van der Waals surface area contributed by atoms with Gasteiger partial charge in [0, 0.05) is 37.6 Å². The molecule has 1 aliphatic heterocycles. The van der Waals surface area contributed by atoms with Crippen molar-refractivity contribution in [2.75, 3.05) is 46.9 Å². The van der Waals surface area contributed by atoms with Gasteiger partial charge in [-0.25, -0.2) is 0 Å². The third kappa shape index (κ3) is 8.67. The Labute approximate surface area is 206 Å². The van der Waals surface area contributed by atoms with Crippen molar-refractivity contribution < 1.29 is 9.47 Å². The minimum absolute atomic E-state index is 0. The number of guanidine groups is 1. The lowest BCUT2D eigenvalue weighted by Crippen LogP contribution is -2.49. The third-order valence-electron chi connectivity index (χ3n) is 5.69. The Balaban J connectivity index is 0.00000480. The smallest absolute Gasteiger partial charge is 0.191 e. The number of methoxy groups -OCH3 is 2. The molecule has 31 heavy (non-hydrogen) atoms. The molecule has 7 heteroatoms. The second kappa shape index (κ2) is 13.4. The molecule has 0 radical (unpaired) electrons. The van der Waals surface area contributed by atoms with Gasteiger partial charge in [-0.1, -0.05) is 33.8 Å². The molecule has 1 fully saturated rings. The van der Waals surface area contributed by atoms with Gasteiger partial charge in [-0.05, 0) is 43.4 Å². The summed E-state index contributed by atoms with van der Waals surface area (Å²) in [7, 11) is 3.33. The average Bonchev–Trinajstić information content (AvgIpc) is 2.72. The van der Waals surface area contributed by atoms with Gasteiger partial charge in [-0.2, -0.15) is 0 Å². The predicted molar refractivity (Wildman–Crippen MR) is 141 cm³/mol. The summed E-state index contributed by atoms with van der Waals surface area (Å²) in [5, 5.41) is 7.08. The molecule has 0 unspecified atom stereocenters. The molecule has 2 N–H and O–H groups in total. The van der Waals surface area contributed by atoms with Crippen LogP contribution in [0.4, 0.5) is 0 Å². The van der Waals surface area contributed by atoms with Gasteiger partial charge in [0.25, 0.3) is 0 Å². The SMILES string of the molecule is CCNC(=NCC(C)(C)c1ccc(OC)c(OC)c1)NC1CCN(CC(C)C)CC1.I. The minimum atomic E-state index is -0.122. The van der Waals surface area contributed by atoms with Gasteiger partial charge in [-0.15, -0.1) is 24.0 Å². The number of aliphatic imine (C=N–C) groups is 1. The Morgan fingerprint density at radius 3 is 2.35 bits per heavy atom. The van der Waals surface area contributed by atoms with E-state index in [0.717, 1.165) is 55.9 Å². The third-order valence-corrected chi connectivity index (χ3v) is 5.69. The first-order valence-electron chi connectivity index (χ1n) is 11.3. The number of likely N-dealkylation sites (tertiary alicyclic amines) is 1. The van der Waals surface area contributed by atoms with Crippen LogP contribution in [0, 0.1) is 5.92 Å². The summed E-state index contributed by atoms with van der Waals surface area (Å²) in [5.41, 5.74) is 1.06. The molecule has 6 nitrogen and oxygen atoms in total. The molecule has 1 aromatic rings. The first-order chi connectivity index (χ1) is 14.3. The first kappa shape index (κ1) is 27.8. The summed E-state index contributed by atoms with van der Waals surface area (Å²) in [6.07, 6.45) is 2.33. The largest absolute Gasteiger partial charge is 0.493 e. The van der Waals surface area contributed by atoms with E-state index in [1.54, 1.807) is 14.2 Å². The van der Waals surface area contributed by atoms with Crippen molar-refractivity contribution in [1.82, 2.24) is 15.5 Å². The zero-order valence-electron chi connectivity index (χ0n) is 20.5. The number of halogens is 1. The van der Waals surface area contributed by atoms with Gasteiger partial charge in [-0.3, -0.25) is 4.99 Å². The van der Waals surface area contributed by atoms with E-state index in [1.807, 2.05) is 6.07 Å². The van der Waals surface area contributed by atoms with E-state index in [1.165, 1.54) is 12.1 Å². The van der Waals surface area contributed by atoms with Crippen molar-refractivity contribution in [2.24, 2.45) is 10.9 Å². The summed E-state index contributed by atoms with van der Waals surface area (Å²) in [4.78, 5) is 7.51. The topological polar surface area (TPSA) is 58.1 Å². The standard InChI is InChI=1S/C24H42N4O2.HI/c1-8-25-23(27-20-11-13-28(14-12-20)16-18(2)3)26-17-24(4,5)19-9-10-21(29-6)22(15-19)30-7;/h9-10,15,18,20H,8,11-14,16-17H2,1-7H3,(H2,25,26,27);1H. The number of benzene rings is 1. The highest BCUT2D eigenvalue weighted by molar-refractivity contribution is 14.0. The van der Waals surface area contributed by atoms with E-state index in [0.29, 0.717) is 12.6 Å². The maximum atomic E-state index is 5.48. The highest BCUT2D eigenvalue weighted by Crippen LogP contribution is 2.33. The Kier molecular flexibility index (Phi) is 12.0. The maximum Gasteiger partial charge on any atom is 0.191 e. The summed E-state index contributed by atoms with van der Waals surface area (Å²) in [6, 6.07) is 6.60. The van der Waals surface area contributed by atoms with Gasteiger partial charge in [0.15, 0.2) is 17.5 Å². The number of ether oxygens (including phenoxy) is 2. The lowest BCUT2D eigenvalue weighted by Gasteiger charge is -2.34. The second-order valence-corrected chi connectivity index (χ2v) is 9.26. The maximum absolute atomic E-state index is 5.48. The van der Waals surface area contributed by atoms with Crippen LogP contribution >= 0.6 is 24.0 Å². The highest BCUT2D eigenvalue weighted by Gasteiger charge is 2.24. The minimum Gasteiger partial charge on any atom is -0.493 e. The van der Waals surface area contributed by atoms with Crippen LogP contribution in [-0.4, -0.2) is 63.8 Å². The van der Waals surface area contributed by atoms with Crippen molar-refractivity contribution in [3.05, 3.63) is 23.8 Å². The molecule has 1 saturated heterocycles. The molecule has 1 aliphatic rings. The molecule has 0 amide bonds. The molecule has 0 aromatic heterocycles. The quantitative estimate of drug-likeness (QED) is 0.275. The fourth-order valence-electron chi connectivity index (χ4n) is 3.91. The number of nitrogens with one attached hydrogen (secondary N) is 2. The summed E-state index contributed by atoms with van der Waals surface area (Å²) >= 11 is 0. The van der Waals surface area contributed by atoms with Crippen molar-refractivity contribution in [3.8, 4) is 11.5 Å². The summed E-state index contributed by atoms with van der Waals surface area (Å²) in [6.45, 7) is 16.2. The number of rotatable bonds is 9. The van der Waals surface area contributed by atoms with E-state index in [9.17, 15) is 0 Å². The van der Waals surface area contributed by atoms with Crippen molar-refractivity contribution in [3.63, 3.8) is 0 Å². The average molecular weight is 547 g/mol. The van der Waals surface area contributed by atoms with E-state index in [-0.39, 0.29) is 29.4 Å². The van der Waals surface area contributed by atoms with Crippen LogP contribution < -0.4 is 20.1 Å². The molecular formula is C24H43IN4O2. The van der Waals surface area contributed by atoms with Crippen LogP contribution in [0.2, 0.25) is 0 Å². The van der Waals surface area contributed by atoms with E-state index < -0.39 is 0 Å². The zero-order chi connectivity index (χ0) is 22.1. The Morgan fingerprint density at radius 1 is 1.16 bits per heavy atom. The van der Waals surface area contributed by atoms with E-state index in [2.05, 4.69) is 62.3 Å². The van der Waals surface area contributed by atoms with Crippen LogP contribution in [0.1, 0.15) is 53.0 Å². The zero-order valence-corrected chi connectivity index (χ0v) is 22.8.